The highest BCUT2D eigenvalue weighted by Gasteiger charge is 2.12. The predicted octanol–water partition coefficient (Wildman–Crippen LogP) is 2.24. The van der Waals surface area contributed by atoms with Crippen molar-refractivity contribution in [2.75, 3.05) is 5.73 Å². The molecule has 4 heteroatoms. The van der Waals surface area contributed by atoms with Crippen molar-refractivity contribution >= 4 is 5.95 Å². The first-order valence-electron chi connectivity index (χ1n) is 4.75. The van der Waals surface area contributed by atoms with Crippen LogP contribution in [0.4, 0.5) is 5.95 Å². The van der Waals surface area contributed by atoms with E-state index in [1.807, 2.05) is 13.8 Å². The third-order valence-corrected chi connectivity index (χ3v) is 2.33. The minimum absolute atomic E-state index is 0.171. The third-order valence-electron chi connectivity index (χ3n) is 2.33. The molecule has 0 unspecified atom stereocenters. The predicted molar refractivity (Wildman–Crippen MR) is 58.4 cm³/mol. The van der Waals surface area contributed by atoms with Crippen molar-refractivity contribution in [3.63, 3.8) is 0 Å². The molecule has 0 aliphatic carbocycles. The van der Waals surface area contributed by atoms with E-state index < -0.39 is 0 Å². The molecule has 0 saturated heterocycles. The molecular formula is C11H13N3O. The van der Waals surface area contributed by atoms with Gasteiger partial charge in [-0.25, -0.2) is 0 Å². The molecule has 4 nitrogen and oxygen atoms in total. The second-order valence-electron chi connectivity index (χ2n) is 3.73. The molecule has 0 bridgehead atoms. The average Bonchev–Trinajstić information content (AvgIpc) is 2.49. The molecule has 78 valence electrons. The lowest BCUT2D eigenvalue weighted by atomic mass is 10.00. The highest BCUT2D eigenvalue weighted by atomic mass is 16.5. The van der Waals surface area contributed by atoms with Crippen molar-refractivity contribution in [3.05, 3.63) is 28.8 Å². The minimum atomic E-state index is 0.171. The van der Waals surface area contributed by atoms with Gasteiger partial charge in [-0.2, -0.15) is 4.98 Å². The molecular weight excluding hydrogens is 190 g/mol. The molecule has 0 spiro atoms. The number of nitrogens with zero attached hydrogens (tertiary/aromatic N) is 2. The summed E-state index contributed by atoms with van der Waals surface area (Å²) < 4.78 is 5.07. The zero-order chi connectivity index (χ0) is 11.0. The summed E-state index contributed by atoms with van der Waals surface area (Å²) in [5.41, 5.74) is 9.87. The normalized spacial score (nSPS) is 10.6. The van der Waals surface area contributed by atoms with Crippen LogP contribution in [0.25, 0.3) is 11.5 Å². The monoisotopic (exact) mass is 203 g/mol. The number of rotatable bonds is 1. The Bertz CT molecular complexity index is 479. The van der Waals surface area contributed by atoms with Crippen molar-refractivity contribution in [3.8, 4) is 11.5 Å². The van der Waals surface area contributed by atoms with Crippen LogP contribution in [-0.2, 0) is 0 Å². The van der Waals surface area contributed by atoms with Crippen molar-refractivity contribution in [1.82, 2.24) is 10.1 Å². The zero-order valence-electron chi connectivity index (χ0n) is 9.03. The Labute approximate surface area is 88.1 Å². The molecule has 0 radical (unpaired) electrons. The van der Waals surface area contributed by atoms with Crippen LogP contribution in [0.15, 0.2) is 16.7 Å². The molecule has 0 aliphatic heterocycles. The number of benzene rings is 1. The van der Waals surface area contributed by atoms with Crippen LogP contribution in [-0.4, -0.2) is 10.1 Å². The van der Waals surface area contributed by atoms with Gasteiger partial charge in [0.1, 0.15) is 0 Å². The van der Waals surface area contributed by atoms with E-state index in [1.165, 1.54) is 5.56 Å². The fourth-order valence-electron chi connectivity index (χ4n) is 1.85. The van der Waals surface area contributed by atoms with E-state index in [-0.39, 0.29) is 5.95 Å². The van der Waals surface area contributed by atoms with Crippen LogP contribution in [0, 0.1) is 20.8 Å². The van der Waals surface area contributed by atoms with Crippen LogP contribution in [0.2, 0.25) is 0 Å². The SMILES string of the molecule is Cc1cc(C)c(-c2nc(N)no2)c(C)c1. The molecule has 1 aromatic carbocycles. The van der Waals surface area contributed by atoms with Crippen molar-refractivity contribution in [1.29, 1.82) is 0 Å². The van der Waals surface area contributed by atoms with Gasteiger partial charge in [0.15, 0.2) is 0 Å². The highest BCUT2D eigenvalue weighted by molar-refractivity contribution is 5.64. The molecule has 2 aromatic rings. The summed E-state index contributed by atoms with van der Waals surface area (Å²) in [7, 11) is 0. The second-order valence-corrected chi connectivity index (χ2v) is 3.73. The van der Waals surface area contributed by atoms with Crippen LogP contribution in [0.5, 0.6) is 0 Å². The number of anilines is 1. The molecule has 0 amide bonds. The molecule has 0 saturated carbocycles. The maximum absolute atomic E-state index is 5.43. The van der Waals surface area contributed by atoms with E-state index >= 15 is 0 Å². The van der Waals surface area contributed by atoms with Crippen LogP contribution < -0.4 is 5.73 Å². The van der Waals surface area contributed by atoms with E-state index in [0.717, 1.165) is 16.7 Å². The van der Waals surface area contributed by atoms with Gasteiger partial charge in [-0.1, -0.05) is 17.7 Å². The largest absolute Gasteiger partial charge is 0.365 e. The molecule has 1 heterocycles. The molecule has 15 heavy (non-hydrogen) atoms. The van der Waals surface area contributed by atoms with E-state index in [1.54, 1.807) is 0 Å². The van der Waals surface area contributed by atoms with Crippen LogP contribution in [0.1, 0.15) is 16.7 Å². The van der Waals surface area contributed by atoms with Gasteiger partial charge in [0.05, 0.1) is 0 Å². The lowest BCUT2D eigenvalue weighted by Crippen LogP contribution is -1.91. The quantitative estimate of drug-likeness (QED) is 0.772. The number of nitrogens with two attached hydrogens (primary N) is 1. The smallest absolute Gasteiger partial charge is 0.261 e. The summed E-state index contributed by atoms with van der Waals surface area (Å²) in [6, 6.07) is 4.17. The van der Waals surface area contributed by atoms with Gasteiger partial charge in [-0.05, 0) is 37.1 Å². The summed E-state index contributed by atoms with van der Waals surface area (Å²) in [6.07, 6.45) is 0. The minimum Gasteiger partial charge on any atom is -0.365 e. The topological polar surface area (TPSA) is 64.9 Å². The summed E-state index contributed by atoms with van der Waals surface area (Å²) in [6.45, 7) is 6.11. The van der Waals surface area contributed by atoms with E-state index in [4.69, 9.17) is 10.3 Å². The molecule has 0 fully saturated rings. The number of hydrogen-bond donors (Lipinski definition) is 1. The summed E-state index contributed by atoms with van der Waals surface area (Å²) in [4.78, 5) is 4.03. The van der Waals surface area contributed by atoms with Crippen LogP contribution in [0.3, 0.4) is 0 Å². The van der Waals surface area contributed by atoms with Gasteiger partial charge < -0.3 is 10.3 Å². The lowest BCUT2D eigenvalue weighted by molar-refractivity contribution is 0.432. The van der Waals surface area contributed by atoms with E-state index in [9.17, 15) is 0 Å². The van der Waals surface area contributed by atoms with Crippen molar-refractivity contribution in [2.45, 2.75) is 20.8 Å². The Morgan fingerprint density at radius 2 is 1.73 bits per heavy atom. The number of hydrogen-bond acceptors (Lipinski definition) is 4. The highest BCUT2D eigenvalue weighted by Crippen LogP contribution is 2.27. The molecule has 2 rings (SSSR count). The zero-order valence-corrected chi connectivity index (χ0v) is 9.03. The summed E-state index contributed by atoms with van der Waals surface area (Å²) >= 11 is 0. The first kappa shape index (κ1) is 9.71. The summed E-state index contributed by atoms with van der Waals surface area (Å²) in [5.74, 6) is 0.659. The molecule has 2 N–H and O–H groups in total. The van der Waals surface area contributed by atoms with E-state index in [2.05, 4.69) is 29.2 Å². The number of aromatic nitrogens is 2. The Balaban J connectivity index is 2.62. The van der Waals surface area contributed by atoms with Gasteiger partial charge in [0.2, 0.25) is 0 Å². The lowest BCUT2D eigenvalue weighted by Gasteiger charge is -2.06. The van der Waals surface area contributed by atoms with Crippen LogP contribution >= 0.6 is 0 Å². The standard InChI is InChI=1S/C11H13N3O/c1-6-4-7(2)9(8(3)5-6)10-13-11(12)14-15-10/h4-5H,1-3H3,(H2,12,14). The Morgan fingerprint density at radius 1 is 1.13 bits per heavy atom. The summed E-state index contributed by atoms with van der Waals surface area (Å²) in [5, 5.41) is 3.59. The average molecular weight is 203 g/mol. The Kier molecular flexibility index (Phi) is 2.19. The maximum atomic E-state index is 5.43. The van der Waals surface area contributed by atoms with Gasteiger partial charge in [0.25, 0.3) is 11.8 Å². The van der Waals surface area contributed by atoms with Gasteiger partial charge >= 0.3 is 0 Å². The molecule has 0 aliphatic rings. The van der Waals surface area contributed by atoms with E-state index in [0.29, 0.717) is 5.89 Å². The Hall–Kier alpha value is -1.84. The van der Waals surface area contributed by atoms with Crippen molar-refractivity contribution < 1.29 is 4.52 Å². The van der Waals surface area contributed by atoms with Gasteiger partial charge in [-0.15, -0.1) is 0 Å². The first-order chi connectivity index (χ1) is 7.08. The second kappa shape index (κ2) is 3.38. The number of aryl methyl sites for hydroxylation is 3. The number of nitrogen functional groups attached to an aromatic ring is 1. The maximum Gasteiger partial charge on any atom is 0.261 e. The first-order valence-corrected chi connectivity index (χ1v) is 4.75. The van der Waals surface area contributed by atoms with Gasteiger partial charge in [-0.3, -0.25) is 0 Å². The Morgan fingerprint density at radius 3 is 2.20 bits per heavy atom. The fourth-order valence-corrected chi connectivity index (χ4v) is 1.85. The fraction of sp³-hybridized carbons (Fsp3) is 0.273. The van der Waals surface area contributed by atoms with Gasteiger partial charge in [0, 0.05) is 5.56 Å². The third kappa shape index (κ3) is 1.70. The molecule has 0 atom stereocenters. The van der Waals surface area contributed by atoms with Crippen molar-refractivity contribution in [2.24, 2.45) is 0 Å². The molecule has 1 aromatic heterocycles.